The molecule has 102 valence electrons. The van der Waals surface area contributed by atoms with E-state index in [0.29, 0.717) is 4.47 Å². The number of alkyl halides is 2. The molecule has 2 aromatic rings. The fourth-order valence-electron chi connectivity index (χ4n) is 1.22. The molecule has 1 amide bonds. The summed E-state index contributed by atoms with van der Waals surface area (Å²) in [5.41, 5.74) is 4.86. The van der Waals surface area contributed by atoms with Gasteiger partial charge in [-0.05, 0) is 15.9 Å². The number of halogens is 3. The molecule has 2 heterocycles. The van der Waals surface area contributed by atoms with Crippen molar-refractivity contribution in [3.8, 4) is 0 Å². The van der Waals surface area contributed by atoms with Crippen molar-refractivity contribution in [2.24, 2.45) is 5.73 Å². The average molecular weight is 335 g/mol. The first kappa shape index (κ1) is 13.7. The van der Waals surface area contributed by atoms with Crippen LogP contribution in [0.4, 0.5) is 8.78 Å². The van der Waals surface area contributed by atoms with Crippen LogP contribution in [-0.4, -0.2) is 44.5 Å². The van der Waals surface area contributed by atoms with Gasteiger partial charge in [-0.25, -0.2) is 18.3 Å². The van der Waals surface area contributed by atoms with E-state index in [1.807, 2.05) is 5.32 Å². The molecule has 19 heavy (non-hydrogen) atoms. The normalized spacial score (nSPS) is 11.8. The summed E-state index contributed by atoms with van der Waals surface area (Å²) < 4.78 is 27.7. The molecule has 0 radical (unpaired) electrons. The Morgan fingerprint density at radius 3 is 3.00 bits per heavy atom. The quantitative estimate of drug-likeness (QED) is 0.832. The molecule has 0 aliphatic rings. The molecule has 10 heteroatoms. The standard InChI is InChI=1S/C9H9BrF2N6O/c10-5-1-14-8-16-6(17-18(8)2-5)7(19)15-4-9(11,12)3-13/h1-2H,3-4,13H2,(H,15,19). The van der Waals surface area contributed by atoms with Gasteiger partial charge in [0, 0.05) is 12.4 Å². The molecule has 7 nitrogen and oxygen atoms in total. The zero-order chi connectivity index (χ0) is 14.0. The lowest BCUT2D eigenvalue weighted by Crippen LogP contribution is -2.41. The summed E-state index contributed by atoms with van der Waals surface area (Å²) in [5, 5.41) is 5.84. The second kappa shape index (κ2) is 5.13. The van der Waals surface area contributed by atoms with Crippen LogP contribution in [0.5, 0.6) is 0 Å². The molecule has 0 aliphatic carbocycles. The molecule has 2 aromatic heterocycles. The van der Waals surface area contributed by atoms with E-state index in [1.165, 1.54) is 10.7 Å². The Balaban J connectivity index is 2.13. The predicted molar refractivity (Wildman–Crippen MR) is 64.8 cm³/mol. The van der Waals surface area contributed by atoms with Gasteiger partial charge in [-0.3, -0.25) is 4.79 Å². The fraction of sp³-hybridized carbons (Fsp3) is 0.333. The third kappa shape index (κ3) is 3.20. The van der Waals surface area contributed by atoms with Crippen LogP contribution < -0.4 is 11.1 Å². The van der Waals surface area contributed by atoms with E-state index in [1.54, 1.807) is 6.20 Å². The van der Waals surface area contributed by atoms with E-state index in [0.717, 1.165) is 0 Å². The summed E-state index contributed by atoms with van der Waals surface area (Å²) in [7, 11) is 0. The van der Waals surface area contributed by atoms with Crippen LogP contribution in [0.15, 0.2) is 16.9 Å². The molecule has 0 saturated heterocycles. The van der Waals surface area contributed by atoms with Crippen molar-refractivity contribution in [1.82, 2.24) is 24.9 Å². The van der Waals surface area contributed by atoms with Gasteiger partial charge < -0.3 is 11.1 Å². The first-order chi connectivity index (χ1) is 8.91. The van der Waals surface area contributed by atoms with Crippen LogP contribution in [0.1, 0.15) is 10.6 Å². The number of hydrogen-bond donors (Lipinski definition) is 2. The Bertz CT molecular complexity index is 616. The highest BCUT2D eigenvalue weighted by molar-refractivity contribution is 9.10. The minimum atomic E-state index is -3.16. The van der Waals surface area contributed by atoms with Crippen LogP contribution >= 0.6 is 15.9 Å². The number of fused-ring (bicyclic) bond motifs is 1. The van der Waals surface area contributed by atoms with Gasteiger partial charge in [-0.1, -0.05) is 0 Å². The maximum absolute atomic E-state index is 12.9. The average Bonchev–Trinajstić information content (AvgIpc) is 2.79. The lowest BCUT2D eigenvalue weighted by atomic mass is 10.3. The largest absolute Gasteiger partial charge is 0.343 e. The van der Waals surface area contributed by atoms with Crippen molar-refractivity contribution in [3.63, 3.8) is 0 Å². The Labute approximate surface area is 114 Å². The molecule has 0 unspecified atom stereocenters. The van der Waals surface area contributed by atoms with Gasteiger partial charge in [0.1, 0.15) is 0 Å². The first-order valence-corrected chi connectivity index (χ1v) is 5.94. The second-order valence-corrected chi connectivity index (χ2v) is 4.61. The third-order valence-corrected chi connectivity index (χ3v) is 2.58. The summed E-state index contributed by atoms with van der Waals surface area (Å²) in [6.45, 7) is -1.71. The van der Waals surface area contributed by atoms with E-state index in [2.05, 4.69) is 31.0 Å². The summed E-state index contributed by atoms with van der Waals surface area (Å²) in [6, 6.07) is 0. The lowest BCUT2D eigenvalue weighted by Gasteiger charge is -2.13. The van der Waals surface area contributed by atoms with Crippen molar-refractivity contribution in [1.29, 1.82) is 0 Å². The first-order valence-electron chi connectivity index (χ1n) is 5.15. The van der Waals surface area contributed by atoms with E-state index in [4.69, 9.17) is 5.73 Å². The molecule has 0 bridgehead atoms. The SMILES string of the molecule is NCC(F)(F)CNC(=O)c1nc2ncc(Br)cn2n1. The van der Waals surface area contributed by atoms with Crippen molar-refractivity contribution in [3.05, 3.63) is 22.7 Å². The van der Waals surface area contributed by atoms with Crippen molar-refractivity contribution in [2.75, 3.05) is 13.1 Å². The summed E-state index contributed by atoms with van der Waals surface area (Å²) >= 11 is 3.18. The van der Waals surface area contributed by atoms with Gasteiger partial charge in [0.25, 0.3) is 17.6 Å². The lowest BCUT2D eigenvalue weighted by molar-refractivity contribution is 0.0117. The molecule has 0 aromatic carbocycles. The third-order valence-electron chi connectivity index (χ3n) is 2.17. The Kier molecular flexibility index (Phi) is 3.71. The predicted octanol–water partition coefficient (Wildman–Crippen LogP) is 0.211. The van der Waals surface area contributed by atoms with E-state index in [9.17, 15) is 13.6 Å². The van der Waals surface area contributed by atoms with E-state index < -0.39 is 24.9 Å². The zero-order valence-corrected chi connectivity index (χ0v) is 11.1. The molecule has 3 N–H and O–H groups in total. The fourth-order valence-corrected chi connectivity index (χ4v) is 1.51. The summed E-state index contributed by atoms with van der Waals surface area (Å²) in [5.74, 6) is -4.01. The molecule has 0 fully saturated rings. The second-order valence-electron chi connectivity index (χ2n) is 3.69. The molecule has 2 rings (SSSR count). The molecular formula is C9H9BrF2N6O. The molecule has 0 spiro atoms. The van der Waals surface area contributed by atoms with Gasteiger partial charge in [0.2, 0.25) is 5.82 Å². The smallest absolute Gasteiger partial charge is 0.291 e. The molecule has 0 aliphatic heterocycles. The zero-order valence-electron chi connectivity index (χ0n) is 9.48. The number of rotatable bonds is 4. The van der Waals surface area contributed by atoms with Crippen LogP contribution in [0.25, 0.3) is 5.78 Å². The van der Waals surface area contributed by atoms with Gasteiger partial charge >= 0.3 is 0 Å². The number of aromatic nitrogens is 4. The van der Waals surface area contributed by atoms with Gasteiger partial charge in [0.15, 0.2) is 0 Å². The highest BCUT2D eigenvalue weighted by Gasteiger charge is 2.28. The number of nitrogens with one attached hydrogen (secondary N) is 1. The van der Waals surface area contributed by atoms with E-state index in [-0.39, 0.29) is 11.6 Å². The number of amides is 1. The Morgan fingerprint density at radius 2 is 2.32 bits per heavy atom. The Hall–Kier alpha value is -1.68. The Morgan fingerprint density at radius 1 is 1.58 bits per heavy atom. The summed E-state index contributed by atoms with van der Waals surface area (Å²) in [6.07, 6.45) is 3.02. The van der Waals surface area contributed by atoms with Gasteiger partial charge in [-0.2, -0.15) is 4.98 Å². The maximum Gasteiger partial charge on any atom is 0.291 e. The summed E-state index contributed by atoms with van der Waals surface area (Å²) in [4.78, 5) is 19.3. The minimum absolute atomic E-state index is 0.193. The monoisotopic (exact) mass is 334 g/mol. The number of nitrogens with two attached hydrogens (primary N) is 1. The van der Waals surface area contributed by atoms with Gasteiger partial charge in [-0.15, -0.1) is 5.10 Å². The molecule has 0 saturated carbocycles. The molecular weight excluding hydrogens is 326 g/mol. The maximum atomic E-state index is 12.9. The van der Waals surface area contributed by atoms with Crippen molar-refractivity contribution < 1.29 is 13.6 Å². The van der Waals surface area contributed by atoms with Crippen molar-refractivity contribution >= 4 is 27.6 Å². The number of nitrogens with zero attached hydrogens (tertiary/aromatic N) is 4. The van der Waals surface area contributed by atoms with Gasteiger partial charge in [0.05, 0.1) is 17.6 Å². The van der Waals surface area contributed by atoms with Crippen LogP contribution in [0, 0.1) is 0 Å². The highest BCUT2D eigenvalue weighted by Crippen LogP contribution is 2.10. The number of carbonyl (C=O) groups excluding carboxylic acids is 1. The number of carbonyl (C=O) groups is 1. The molecule has 0 atom stereocenters. The number of hydrogen-bond acceptors (Lipinski definition) is 5. The topological polar surface area (TPSA) is 98.2 Å². The van der Waals surface area contributed by atoms with Crippen molar-refractivity contribution in [2.45, 2.75) is 5.92 Å². The van der Waals surface area contributed by atoms with Crippen LogP contribution in [0.3, 0.4) is 0 Å². The minimum Gasteiger partial charge on any atom is -0.343 e. The highest BCUT2D eigenvalue weighted by atomic mass is 79.9. The van der Waals surface area contributed by atoms with Crippen LogP contribution in [-0.2, 0) is 0 Å². The van der Waals surface area contributed by atoms with Crippen LogP contribution in [0.2, 0.25) is 0 Å². The van der Waals surface area contributed by atoms with E-state index >= 15 is 0 Å².